The van der Waals surface area contributed by atoms with E-state index in [1.165, 1.54) is 36.5 Å². The van der Waals surface area contributed by atoms with Crippen molar-refractivity contribution in [1.29, 1.82) is 0 Å². The van der Waals surface area contributed by atoms with Gasteiger partial charge in [-0.15, -0.1) is 0 Å². The average molecular weight is 572 g/mol. The van der Waals surface area contributed by atoms with E-state index in [1.54, 1.807) is 12.1 Å². The Labute approximate surface area is 245 Å². The summed E-state index contributed by atoms with van der Waals surface area (Å²) in [6.07, 6.45) is 8.72. The zero-order chi connectivity index (χ0) is 29.9. The number of nitrogens with two attached hydrogens (primary N) is 2. The molecule has 3 aromatic rings. The topological polar surface area (TPSA) is 132 Å². The molecule has 0 aliphatic heterocycles. The van der Waals surface area contributed by atoms with E-state index >= 15 is 0 Å². The summed E-state index contributed by atoms with van der Waals surface area (Å²) in [4.78, 5) is 43.4. The molecule has 0 bridgehead atoms. The standard InChI is InChI=1S/C12H11NO2.C9H9NO.C9H11N.C3H3ClO/c1-2-11(15)13-9-5-3-4-8-6-7-10(14)12(8)9;10-7-3-1-2-6-4-5-8(11)9(6)7;10-9-6-2-4-7-3-1-5-8(7)9;1-2-3(4)5/h2-5H,1,6-7H2,(H,13,15);1-3H,4-5,10H2;2,4,6H,1,3,5,10H2;2H,1H2. The van der Waals surface area contributed by atoms with Crippen LogP contribution in [0.1, 0.15) is 62.2 Å². The molecule has 0 radical (unpaired) electrons. The Morgan fingerprint density at radius 2 is 1.24 bits per heavy atom. The molecule has 0 heterocycles. The second-order valence-electron chi connectivity index (χ2n) is 9.61. The summed E-state index contributed by atoms with van der Waals surface area (Å²) >= 11 is 4.71. The normalized spacial score (nSPS) is 13.5. The van der Waals surface area contributed by atoms with Gasteiger partial charge in [-0.05, 0) is 96.3 Å². The van der Waals surface area contributed by atoms with Gasteiger partial charge in [0.05, 0.1) is 5.69 Å². The van der Waals surface area contributed by atoms with Gasteiger partial charge in [0.15, 0.2) is 11.6 Å². The number of ketones is 2. The van der Waals surface area contributed by atoms with Crippen LogP contribution >= 0.6 is 11.6 Å². The zero-order valence-corrected chi connectivity index (χ0v) is 23.6. The van der Waals surface area contributed by atoms with Gasteiger partial charge < -0.3 is 16.8 Å². The Bertz CT molecular complexity index is 1500. The number of carbonyl (C=O) groups excluding carboxylic acids is 4. The first-order valence-electron chi connectivity index (χ1n) is 13.3. The molecule has 0 saturated heterocycles. The van der Waals surface area contributed by atoms with E-state index in [-0.39, 0.29) is 17.5 Å². The molecule has 6 rings (SSSR count). The number of fused-ring (bicyclic) bond motifs is 3. The smallest absolute Gasteiger partial charge is 0.247 e. The number of benzene rings is 3. The molecule has 0 atom stereocenters. The van der Waals surface area contributed by atoms with Gasteiger partial charge in [-0.25, -0.2) is 0 Å². The van der Waals surface area contributed by atoms with Gasteiger partial charge >= 0.3 is 0 Å². The highest BCUT2D eigenvalue weighted by molar-refractivity contribution is 6.66. The summed E-state index contributed by atoms with van der Waals surface area (Å²) in [5, 5.41) is 2.14. The maximum Gasteiger partial charge on any atom is 0.247 e. The first-order valence-corrected chi connectivity index (χ1v) is 13.7. The summed E-state index contributed by atoms with van der Waals surface area (Å²) in [5.41, 5.74) is 20.0. The molecular formula is C33H34ClN3O4. The highest BCUT2D eigenvalue weighted by Crippen LogP contribution is 2.29. The molecule has 0 spiro atoms. The number of amides is 1. The minimum Gasteiger partial charge on any atom is -0.398 e. The van der Waals surface area contributed by atoms with Crippen LogP contribution in [-0.4, -0.2) is 22.7 Å². The van der Waals surface area contributed by atoms with E-state index in [4.69, 9.17) is 23.1 Å². The van der Waals surface area contributed by atoms with Gasteiger partial charge in [0.1, 0.15) is 0 Å². The average Bonchev–Trinajstić information content (AvgIpc) is 3.70. The number of nitrogen functional groups attached to an aromatic ring is 2. The Morgan fingerprint density at radius 3 is 1.80 bits per heavy atom. The zero-order valence-electron chi connectivity index (χ0n) is 22.9. The molecule has 8 heteroatoms. The van der Waals surface area contributed by atoms with Crippen molar-refractivity contribution >= 4 is 51.4 Å². The number of allylic oxidation sites excluding steroid dienone is 1. The third kappa shape index (κ3) is 8.25. The largest absolute Gasteiger partial charge is 0.398 e. The van der Waals surface area contributed by atoms with Crippen LogP contribution < -0.4 is 16.8 Å². The van der Waals surface area contributed by atoms with Crippen molar-refractivity contribution in [3.63, 3.8) is 0 Å². The van der Waals surface area contributed by atoms with Crippen molar-refractivity contribution in [3.8, 4) is 0 Å². The van der Waals surface area contributed by atoms with Crippen LogP contribution in [0.25, 0.3) is 0 Å². The Hall–Kier alpha value is -4.49. The molecule has 0 unspecified atom stereocenters. The Kier molecular flexibility index (Phi) is 11.2. The Morgan fingerprint density at radius 1 is 0.707 bits per heavy atom. The second kappa shape index (κ2) is 14.8. The van der Waals surface area contributed by atoms with Gasteiger partial charge in [-0.3, -0.25) is 19.2 Å². The summed E-state index contributed by atoms with van der Waals surface area (Å²) in [7, 11) is 0. The lowest BCUT2D eigenvalue weighted by Crippen LogP contribution is -2.10. The van der Waals surface area contributed by atoms with Crippen LogP contribution in [-0.2, 0) is 35.3 Å². The third-order valence-corrected chi connectivity index (χ3v) is 7.07. The van der Waals surface area contributed by atoms with Gasteiger partial charge in [-0.1, -0.05) is 49.6 Å². The van der Waals surface area contributed by atoms with Crippen LogP contribution in [0.5, 0.6) is 0 Å². The number of Topliss-reactive ketones (excluding diaryl/α,β-unsaturated/α-hetero) is 2. The molecule has 7 nitrogen and oxygen atoms in total. The molecule has 1 amide bonds. The molecule has 3 aliphatic carbocycles. The molecule has 0 saturated carbocycles. The fourth-order valence-corrected chi connectivity index (χ4v) is 4.99. The van der Waals surface area contributed by atoms with Crippen LogP contribution in [0, 0.1) is 0 Å². The van der Waals surface area contributed by atoms with Crippen LogP contribution in [0.2, 0.25) is 0 Å². The van der Waals surface area contributed by atoms with Gasteiger partial charge in [0.2, 0.25) is 11.1 Å². The fourth-order valence-electron chi connectivity index (χ4n) is 4.99. The number of hydrogen-bond acceptors (Lipinski definition) is 6. The number of halogens is 1. The third-order valence-electron chi connectivity index (χ3n) is 6.92. The predicted octanol–water partition coefficient (Wildman–Crippen LogP) is 6.03. The number of carbonyl (C=O) groups is 4. The Balaban J connectivity index is 0.000000159. The summed E-state index contributed by atoms with van der Waals surface area (Å²) in [6, 6.07) is 17.4. The van der Waals surface area contributed by atoms with Crippen LogP contribution in [0.3, 0.4) is 0 Å². The highest BCUT2D eigenvalue weighted by atomic mass is 35.5. The number of aryl methyl sites for hydroxylation is 3. The minimum absolute atomic E-state index is 0.102. The molecule has 3 aliphatic rings. The molecular weight excluding hydrogens is 538 g/mol. The molecule has 3 aromatic carbocycles. The molecule has 212 valence electrons. The maximum absolute atomic E-state index is 11.6. The van der Waals surface area contributed by atoms with Crippen LogP contribution in [0.15, 0.2) is 79.9 Å². The lowest BCUT2D eigenvalue weighted by molar-refractivity contribution is -0.112. The monoisotopic (exact) mass is 571 g/mol. The van der Waals surface area contributed by atoms with Crippen LogP contribution in [0.4, 0.5) is 17.1 Å². The van der Waals surface area contributed by atoms with E-state index in [0.29, 0.717) is 29.8 Å². The SMILES string of the molecule is C=CC(=O)Cl.C=CC(=O)Nc1cccc2c1C(=O)CC2.Nc1cccc2c1C(=O)CC2.Nc1cccc2c1CCC2. The van der Waals surface area contributed by atoms with Crippen molar-refractivity contribution in [2.45, 2.75) is 44.9 Å². The molecule has 0 fully saturated rings. The van der Waals surface area contributed by atoms with Crippen molar-refractivity contribution in [2.75, 3.05) is 16.8 Å². The van der Waals surface area contributed by atoms with Crippen molar-refractivity contribution < 1.29 is 19.2 Å². The first-order chi connectivity index (χ1) is 19.7. The predicted molar refractivity (Wildman–Crippen MR) is 165 cm³/mol. The number of anilines is 3. The van der Waals surface area contributed by atoms with E-state index in [0.717, 1.165) is 41.3 Å². The van der Waals surface area contributed by atoms with Gasteiger partial charge in [0.25, 0.3) is 0 Å². The number of hydrogen-bond donors (Lipinski definition) is 3. The lowest BCUT2D eigenvalue weighted by Gasteiger charge is -2.07. The van der Waals surface area contributed by atoms with E-state index in [1.807, 2.05) is 36.4 Å². The fraction of sp³-hybridized carbons (Fsp3) is 0.212. The second-order valence-corrected chi connectivity index (χ2v) is 9.98. The van der Waals surface area contributed by atoms with Crippen molar-refractivity contribution in [2.24, 2.45) is 0 Å². The van der Waals surface area contributed by atoms with Crippen molar-refractivity contribution in [1.82, 2.24) is 0 Å². The minimum atomic E-state index is -0.509. The van der Waals surface area contributed by atoms with Gasteiger partial charge in [0, 0.05) is 35.3 Å². The highest BCUT2D eigenvalue weighted by Gasteiger charge is 2.23. The summed E-state index contributed by atoms with van der Waals surface area (Å²) < 4.78 is 0. The number of nitrogens with one attached hydrogen (secondary N) is 1. The molecule has 0 aromatic heterocycles. The lowest BCUT2D eigenvalue weighted by atomic mass is 10.1. The van der Waals surface area contributed by atoms with E-state index < -0.39 is 5.24 Å². The first kappa shape index (κ1) is 31.0. The molecule has 5 N–H and O–H groups in total. The van der Waals surface area contributed by atoms with Gasteiger partial charge in [-0.2, -0.15) is 0 Å². The summed E-state index contributed by atoms with van der Waals surface area (Å²) in [5.74, 6) is 0.00571. The van der Waals surface area contributed by atoms with Crippen molar-refractivity contribution in [3.05, 3.63) is 113 Å². The quantitative estimate of drug-likeness (QED) is 0.200. The molecule has 41 heavy (non-hydrogen) atoms. The van der Waals surface area contributed by atoms with E-state index in [9.17, 15) is 19.2 Å². The van der Waals surface area contributed by atoms with E-state index in [2.05, 4.69) is 24.5 Å². The maximum atomic E-state index is 11.6. The number of rotatable bonds is 3. The summed E-state index contributed by atoms with van der Waals surface area (Å²) in [6.45, 7) is 6.45.